The molecule has 4 nitrogen and oxygen atoms in total. The van der Waals surface area contributed by atoms with E-state index in [9.17, 15) is 0 Å². The lowest BCUT2D eigenvalue weighted by molar-refractivity contribution is 0.707. The Morgan fingerprint density at radius 2 is 0.895 bits per heavy atom. The topological polar surface area (TPSA) is 34.6 Å². The van der Waals surface area contributed by atoms with Gasteiger partial charge < -0.3 is 0 Å². The number of hydrogen-bond donors (Lipinski definition) is 0. The van der Waals surface area contributed by atoms with Gasteiger partial charge in [-0.1, -0.05) is 72.8 Å². The molecule has 0 radical (unpaired) electrons. The second kappa shape index (κ2) is 8.42. The van der Waals surface area contributed by atoms with E-state index in [0.29, 0.717) is 0 Å². The second-order valence-electron chi connectivity index (χ2n) is 10.2. The molecule has 0 unspecified atom stereocenters. The minimum Gasteiger partial charge on any atom is -0.296 e. The Balaban J connectivity index is 1.16. The van der Waals surface area contributed by atoms with Crippen molar-refractivity contribution >= 4 is 54.9 Å². The predicted molar refractivity (Wildman–Crippen MR) is 157 cm³/mol. The normalized spacial score (nSPS) is 12.1. The highest BCUT2D eigenvalue weighted by Crippen LogP contribution is 2.29. The molecule has 0 fully saturated rings. The standard InChI is InChI=1S/C34H26N4/c1-5-15-27-23(11-1)21-25(37-31-19-9-7-17-29(31)35-33(27)37)13-3-4-14-26-22-24-12-2-6-16-28(24)34-36-30-18-8-10-20-32(30)38(26)34/h1-2,5-12,15-22H,3-4,13-14H2. The van der Waals surface area contributed by atoms with E-state index in [4.69, 9.17) is 9.97 Å². The van der Waals surface area contributed by atoms with Gasteiger partial charge in [-0.3, -0.25) is 8.80 Å². The number of nitrogens with zero attached hydrogens (tertiary/aromatic N) is 4. The molecule has 8 aromatic rings. The summed E-state index contributed by atoms with van der Waals surface area (Å²) < 4.78 is 4.74. The van der Waals surface area contributed by atoms with Crippen molar-refractivity contribution in [3.8, 4) is 0 Å². The van der Waals surface area contributed by atoms with Gasteiger partial charge in [0.05, 0.1) is 22.1 Å². The Bertz CT molecular complexity index is 1990. The van der Waals surface area contributed by atoms with Gasteiger partial charge in [0.2, 0.25) is 0 Å². The lowest BCUT2D eigenvalue weighted by atomic mass is 10.0. The molecule has 4 heterocycles. The zero-order valence-electron chi connectivity index (χ0n) is 21.0. The fourth-order valence-electron chi connectivity index (χ4n) is 6.12. The van der Waals surface area contributed by atoms with Crippen molar-refractivity contribution in [2.45, 2.75) is 25.7 Å². The number of imidazole rings is 2. The molecule has 0 N–H and O–H groups in total. The van der Waals surface area contributed by atoms with Crippen molar-refractivity contribution in [2.75, 3.05) is 0 Å². The van der Waals surface area contributed by atoms with Crippen molar-refractivity contribution in [1.29, 1.82) is 0 Å². The monoisotopic (exact) mass is 490 g/mol. The number of unbranched alkanes of at least 4 members (excludes halogenated alkanes) is 1. The number of para-hydroxylation sites is 4. The Kier molecular flexibility index (Phi) is 4.74. The van der Waals surface area contributed by atoms with Crippen LogP contribution in [0.2, 0.25) is 0 Å². The molecule has 0 amide bonds. The van der Waals surface area contributed by atoms with Crippen LogP contribution in [0.15, 0.2) is 109 Å². The average Bonchev–Trinajstić information content (AvgIpc) is 3.55. The molecule has 0 spiro atoms. The molecule has 4 aromatic carbocycles. The van der Waals surface area contributed by atoms with Crippen molar-refractivity contribution in [3.63, 3.8) is 0 Å². The van der Waals surface area contributed by atoms with E-state index in [0.717, 1.165) is 48.0 Å². The van der Waals surface area contributed by atoms with E-state index >= 15 is 0 Å². The van der Waals surface area contributed by atoms with E-state index in [2.05, 4.69) is 118 Å². The SMILES string of the molecule is c1ccc2c(c1)cc(CCCCc1cc3ccccc3c3nc4ccccc4n13)n1c3ccccc3nc21. The number of hydrogen-bond acceptors (Lipinski definition) is 2. The third-order valence-corrected chi connectivity index (χ3v) is 7.86. The van der Waals surface area contributed by atoms with Gasteiger partial charge in [0, 0.05) is 22.2 Å². The minimum atomic E-state index is 1.00. The number of fused-ring (bicyclic) bond motifs is 10. The van der Waals surface area contributed by atoms with Gasteiger partial charge in [0.15, 0.2) is 0 Å². The van der Waals surface area contributed by atoms with E-state index < -0.39 is 0 Å². The number of aromatic nitrogens is 4. The van der Waals surface area contributed by atoms with Crippen LogP contribution in [0.3, 0.4) is 0 Å². The summed E-state index contributed by atoms with van der Waals surface area (Å²) in [5.41, 5.74) is 9.23. The predicted octanol–water partition coefficient (Wildman–Crippen LogP) is 8.16. The lowest BCUT2D eigenvalue weighted by Gasteiger charge is -2.12. The average molecular weight is 491 g/mol. The maximum atomic E-state index is 5.02. The molecule has 0 aliphatic carbocycles. The Morgan fingerprint density at radius 1 is 0.474 bits per heavy atom. The molecule has 0 saturated heterocycles. The summed E-state index contributed by atoms with van der Waals surface area (Å²) in [6.45, 7) is 0. The molecule has 38 heavy (non-hydrogen) atoms. The molecule has 4 aromatic heterocycles. The van der Waals surface area contributed by atoms with Crippen LogP contribution in [0.25, 0.3) is 54.9 Å². The zero-order chi connectivity index (χ0) is 25.1. The van der Waals surface area contributed by atoms with Crippen molar-refractivity contribution in [2.24, 2.45) is 0 Å². The quantitative estimate of drug-likeness (QED) is 0.228. The van der Waals surface area contributed by atoms with Crippen LogP contribution in [0.4, 0.5) is 0 Å². The zero-order valence-corrected chi connectivity index (χ0v) is 21.0. The Hall–Kier alpha value is -4.70. The van der Waals surface area contributed by atoms with Crippen molar-refractivity contribution < 1.29 is 0 Å². The third kappa shape index (κ3) is 3.23. The largest absolute Gasteiger partial charge is 0.296 e. The molecule has 182 valence electrons. The number of benzene rings is 4. The summed E-state index contributed by atoms with van der Waals surface area (Å²) >= 11 is 0. The third-order valence-electron chi connectivity index (χ3n) is 7.86. The molecule has 0 atom stereocenters. The lowest BCUT2D eigenvalue weighted by Crippen LogP contribution is -2.01. The minimum absolute atomic E-state index is 1.00. The van der Waals surface area contributed by atoms with Crippen LogP contribution < -0.4 is 0 Å². The van der Waals surface area contributed by atoms with E-state index in [1.165, 1.54) is 44.0 Å². The van der Waals surface area contributed by atoms with E-state index in [1.807, 2.05) is 0 Å². The van der Waals surface area contributed by atoms with Crippen LogP contribution in [0.1, 0.15) is 24.2 Å². The molecular weight excluding hydrogens is 464 g/mol. The first-order valence-electron chi connectivity index (χ1n) is 13.4. The van der Waals surface area contributed by atoms with Gasteiger partial charge in [0.1, 0.15) is 11.3 Å². The van der Waals surface area contributed by atoms with Gasteiger partial charge in [-0.15, -0.1) is 0 Å². The summed E-state index contributed by atoms with van der Waals surface area (Å²) in [5.74, 6) is 0. The molecule has 0 aliphatic heterocycles. The van der Waals surface area contributed by atoms with Gasteiger partial charge in [-0.2, -0.15) is 0 Å². The van der Waals surface area contributed by atoms with Crippen LogP contribution >= 0.6 is 0 Å². The maximum Gasteiger partial charge on any atom is 0.146 e. The molecule has 0 saturated carbocycles. The van der Waals surface area contributed by atoms with E-state index in [-0.39, 0.29) is 0 Å². The molecule has 0 bridgehead atoms. The second-order valence-corrected chi connectivity index (χ2v) is 10.2. The Labute approximate surface area is 219 Å². The van der Waals surface area contributed by atoms with Crippen LogP contribution in [-0.2, 0) is 12.8 Å². The first-order chi connectivity index (χ1) is 18.8. The highest BCUT2D eigenvalue weighted by atomic mass is 15.0. The summed E-state index contributed by atoms with van der Waals surface area (Å²) in [4.78, 5) is 10.0. The van der Waals surface area contributed by atoms with Crippen LogP contribution in [0, 0.1) is 0 Å². The summed E-state index contributed by atoms with van der Waals surface area (Å²) in [5, 5.41) is 4.92. The number of pyridine rings is 2. The summed E-state index contributed by atoms with van der Waals surface area (Å²) in [7, 11) is 0. The number of aryl methyl sites for hydroxylation is 2. The molecule has 0 aliphatic rings. The number of rotatable bonds is 5. The fraction of sp³-hybridized carbons (Fsp3) is 0.118. The van der Waals surface area contributed by atoms with Crippen molar-refractivity contribution in [1.82, 2.24) is 18.8 Å². The van der Waals surface area contributed by atoms with Gasteiger partial charge in [-0.25, -0.2) is 9.97 Å². The molecule has 8 rings (SSSR count). The summed E-state index contributed by atoms with van der Waals surface area (Å²) in [6, 6.07) is 38.9. The van der Waals surface area contributed by atoms with Crippen LogP contribution in [0.5, 0.6) is 0 Å². The van der Waals surface area contributed by atoms with Gasteiger partial charge in [-0.05, 0) is 72.9 Å². The van der Waals surface area contributed by atoms with E-state index in [1.54, 1.807) is 0 Å². The maximum absolute atomic E-state index is 5.02. The summed E-state index contributed by atoms with van der Waals surface area (Å²) in [6.07, 6.45) is 4.20. The highest BCUT2D eigenvalue weighted by molar-refractivity contribution is 5.99. The van der Waals surface area contributed by atoms with Crippen molar-refractivity contribution in [3.05, 3.63) is 121 Å². The first kappa shape index (κ1) is 21.4. The van der Waals surface area contributed by atoms with Gasteiger partial charge in [0.25, 0.3) is 0 Å². The highest BCUT2D eigenvalue weighted by Gasteiger charge is 2.14. The smallest absolute Gasteiger partial charge is 0.146 e. The Morgan fingerprint density at radius 3 is 1.39 bits per heavy atom. The molecular formula is C34H26N4. The van der Waals surface area contributed by atoms with Crippen LogP contribution in [-0.4, -0.2) is 18.8 Å². The first-order valence-corrected chi connectivity index (χ1v) is 13.4. The molecule has 4 heteroatoms. The fourth-order valence-corrected chi connectivity index (χ4v) is 6.12. The van der Waals surface area contributed by atoms with Gasteiger partial charge >= 0.3 is 0 Å².